The molecule has 0 aliphatic heterocycles. The van der Waals surface area contributed by atoms with Crippen LogP contribution in [0, 0.1) is 0 Å². The zero-order valence-electron chi connectivity index (χ0n) is 15.5. The number of carbonyl (C=O) groups is 1. The largest absolute Gasteiger partial charge is 0.416 e. The van der Waals surface area contributed by atoms with E-state index in [4.69, 9.17) is 27.7 Å². The number of anilines is 1. The molecule has 0 saturated carbocycles. The Morgan fingerprint density at radius 2 is 1.77 bits per heavy atom. The van der Waals surface area contributed by atoms with Crippen LogP contribution < -0.4 is 5.32 Å². The third-order valence-corrected chi connectivity index (χ3v) is 4.61. The van der Waals surface area contributed by atoms with Crippen LogP contribution in [0.3, 0.4) is 0 Å². The number of halogens is 5. The van der Waals surface area contributed by atoms with E-state index in [9.17, 15) is 18.0 Å². The quantitative estimate of drug-likeness (QED) is 0.554. The van der Waals surface area contributed by atoms with Gasteiger partial charge in [0.1, 0.15) is 0 Å². The van der Waals surface area contributed by atoms with Gasteiger partial charge in [-0.3, -0.25) is 9.69 Å². The lowest BCUT2D eigenvalue weighted by Gasteiger charge is -2.15. The van der Waals surface area contributed by atoms with Crippen molar-refractivity contribution in [2.45, 2.75) is 12.7 Å². The number of aromatic nitrogens is 2. The fourth-order valence-electron chi connectivity index (χ4n) is 2.57. The predicted molar refractivity (Wildman–Crippen MR) is 106 cm³/mol. The van der Waals surface area contributed by atoms with Crippen LogP contribution in [0.25, 0.3) is 11.4 Å². The van der Waals surface area contributed by atoms with E-state index in [0.29, 0.717) is 21.3 Å². The first kappa shape index (κ1) is 22.1. The summed E-state index contributed by atoms with van der Waals surface area (Å²) >= 11 is 12.1. The summed E-state index contributed by atoms with van der Waals surface area (Å²) in [5, 5.41) is 7.05. The van der Waals surface area contributed by atoms with Crippen LogP contribution in [0.2, 0.25) is 10.0 Å². The number of hydrogen-bond acceptors (Lipinski definition) is 5. The van der Waals surface area contributed by atoms with Gasteiger partial charge < -0.3 is 9.84 Å². The summed E-state index contributed by atoms with van der Waals surface area (Å²) in [4.78, 5) is 18.0. The minimum Gasteiger partial charge on any atom is -0.338 e. The maximum atomic E-state index is 12.7. The number of amides is 1. The van der Waals surface area contributed by atoms with Crippen LogP contribution in [0.1, 0.15) is 11.5 Å². The number of nitrogens with zero attached hydrogens (tertiary/aromatic N) is 3. The van der Waals surface area contributed by atoms with Crippen LogP contribution >= 0.6 is 23.2 Å². The van der Waals surface area contributed by atoms with Gasteiger partial charge in [-0.2, -0.15) is 18.2 Å². The van der Waals surface area contributed by atoms with Crippen LogP contribution in [-0.4, -0.2) is 34.5 Å². The maximum Gasteiger partial charge on any atom is 0.416 e. The zero-order chi connectivity index (χ0) is 21.9. The van der Waals surface area contributed by atoms with Crippen molar-refractivity contribution in [1.82, 2.24) is 15.0 Å². The number of rotatable bonds is 6. The molecule has 3 rings (SSSR count). The Morgan fingerprint density at radius 3 is 2.37 bits per heavy atom. The molecule has 30 heavy (non-hydrogen) atoms. The summed E-state index contributed by atoms with van der Waals surface area (Å²) in [5.74, 6) is 0.00498. The van der Waals surface area contributed by atoms with Gasteiger partial charge in [-0.05, 0) is 31.3 Å². The lowest BCUT2D eigenvalue weighted by atomic mass is 10.1. The number of nitrogens with one attached hydrogen (secondary N) is 1. The summed E-state index contributed by atoms with van der Waals surface area (Å²) in [5.41, 5.74) is -0.0623. The molecule has 0 saturated heterocycles. The molecule has 0 fully saturated rings. The molecule has 158 valence electrons. The Kier molecular flexibility index (Phi) is 6.64. The Labute approximate surface area is 179 Å². The number of carbonyl (C=O) groups excluding carboxylic acids is 1. The SMILES string of the molecule is CN(CC(=O)Nc1c(Cl)cccc1Cl)Cc1nc(-c2ccc(C(F)(F)F)cc2)no1. The van der Waals surface area contributed by atoms with Crippen LogP contribution in [0.5, 0.6) is 0 Å². The molecule has 1 amide bonds. The number of benzene rings is 2. The monoisotopic (exact) mass is 458 g/mol. The Hall–Kier alpha value is -2.62. The number of likely N-dealkylation sites (N-methyl/N-ethyl adjacent to an activating group) is 1. The average Bonchev–Trinajstić information content (AvgIpc) is 3.12. The number of alkyl halides is 3. The van der Waals surface area contributed by atoms with Crippen molar-refractivity contribution in [2.75, 3.05) is 18.9 Å². The fourth-order valence-corrected chi connectivity index (χ4v) is 3.06. The molecule has 0 atom stereocenters. The second kappa shape index (κ2) is 9.03. The molecule has 1 N–H and O–H groups in total. The second-order valence-corrected chi connectivity index (χ2v) is 7.22. The van der Waals surface area contributed by atoms with E-state index in [0.717, 1.165) is 12.1 Å². The smallest absolute Gasteiger partial charge is 0.338 e. The van der Waals surface area contributed by atoms with Crippen LogP contribution in [0.15, 0.2) is 47.0 Å². The molecule has 0 unspecified atom stereocenters. The molecular formula is C19H15Cl2F3N4O2. The van der Waals surface area contributed by atoms with Gasteiger partial charge in [0.15, 0.2) is 0 Å². The van der Waals surface area contributed by atoms with Gasteiger partial charge in [-0.15, -0.1) is 0 Å². The van der Waals surface area contributed by atoms with E-state index < -0.39 is 11.7 Å². The molecule has 1 heterocycles. The average molecular weight is 459 g/mol. The highest BCUT2D eigenvalue weighted by atomic mass is 35.5. The van der Waals surface area contributed by atoms with Gasteiger partial charge in [0, 0.05) is 5.56 Å². The molecule has 6 nitrogen and oxygen atoms in total. The Bertz CT molecular complexity index is 1020. The van der Waals surface area contributed by atoms with Crippen molar-refractivity contribution in [1.29, 1.82) is 0 Å². The predicted octanol–water partition coefficient (Wildman–Crippen LogP) is 5.13. The first-order valence-electron chi connectivity index (χ1n) is 8.56. The third-order valence-electron chi connectivity index (χ3n) is 3.98. The van der Waals surface area contributed by atoms with Crippen LogP contribution in [0.4, 0.5) is 18.9 Å². The molecule has 0 radical (unpaired) electrons. The lowest BCUT2D eigenvalue weighted by Crippen LogP contribution is -2.30. The lowest BCUT2D eigenvalue weighted by molar-refractivity contribution is -0.137. The molecular weight excluding hydrogens is 444 g/mol. The summed E-state index contributed by atoms with van der Waals surface area (Å²) < 4.78 is 43.1. The van der Waals surface area contributed by atoms with Gasteiger partial charge >= 0.3 is 6.18 Å². The van der Waals surface area contributed by atoms with Gasteiger partial charge in [-0.25, -0.2) is 0 Å². The molecule has 0 spiro atoms. The van der Waals surface area contributed by atoms with Gasteiger partial charge in [0.2, 0.25) is 17.6 Å². The topological polar surface area (TPSA) is 71.3 Å². The molecule has 0 aliphatic rings. The van der Waals surface area contributed by atoms with Crippen molar-refractivity contribution >= 4 is 34.8 Å². The van der Waals surface area contributed by atoms with Crippen molar-refractivity contribution < 1.29 is 22.5 Å². The van der Waals surface area contributed by atoms with Gasteiger partial charge in [-0.1, -0.05) is 46.6 Å². The normalized spacial score (nSPS) is 11.7. The molecule has 11 heteroatoms. The molecule has 0 bridgehead atoms. The van der Waals surface area contributed by atoms with E-state index in [1.807, 2.05) is 0 Å². The van der Waals surface area contributed by atoms with E-state index in [-0.39, 0.29) is 30.7 Å². The summed E-state index contributed by atoms with van der Waals surface area (Å²) in [6, 6.07) is 9.30. The first-order chi connectivity index (χ1) is 14.1. The van der Waals surface area contributed by atoms with Crippen molar-refractivity contribution in [3.63, 3.8) is 0 Å². The summed E-state index contributed by atoms with van der Waals surface area (Å²) in [6.45, 7) is 0.136. The zero-order valence-corrected chi connectivity index (χ0v) is 17.0. The van der Waals surface area contributed by atoms with Crippen molar-refractivity contribution in [2.24, 2.45) is 0 Å². The van der Waals surface area contributed by atoms with E-state index in [1.165, 1.54) is 12.1 Å². The summed E-state index contributed by atoms with van der Waals surface area (Å²) in [7, 11) is 1.66. The Balaban J connectivity index is 1.59. The molecule has 2 aromatic carbocycles. The van der Waals surface area contributed by atoms with Crippen molar-refractivity contribution in [3.05, 3.63) is 64.0 Å². The van der Waals surface area contributed by atoms with Gasteiger partial charge in [0.05, 0.1) is 34.4 Å². The number of hydrogen-bond donors (Lipinski definition) is 1. The fraction of sp³-hybridized carbons (Fsp3) is 0.211. The highest BCUT2D eigenvalue weighted by Crippen LogP contribution is 2.31. The maximum absolute atomic E-state index is 12.7. The molecule has 3 aromatic rings. The Morgan fingerprint density at radius 1 is 1.13 bits per heavy atom. The first-order valence-corrected chi connectivity index (χ1v) is 9.31. The van der Waals surface area contributed by atoms with E-state index >= 15 is 0 Å². The van der Waals surface area contributed by atoms with E-state index in [1.54, 1.807) is 30.1 Å². The van der Waals surface area contributed by atoms with Crippen LogP contribution in [-0.2, 0) is 17.5 Å². The molecule has 0 aliphatic carbocycles. The summed E-state index contributed by atoms with van der Waals surface area (Å²) in [6.07, 6.45) is -4.42. The van der Waals surface area contributed by atoms with Crippen molar-refractivity contribution in [3.8, 4) is 11.4 Å². The highest BCUT2D eigenvalue weighted by molar-refractivity contribution is 6.39. The minimum absolute atomic E-state index is 0.0143. The molecule has 1 aromatic heterocycles. The van der Waals surface area contributed by atoms with E-state index in [2.05, 4.69) is 15.5 Å². The third kappa shape index (κ3) is 5.50. The minimum atomic E-state index is -4.42. The standard InChI is InChI=1S/C19H15Cl2F3N4O2/c1-28(9-15(29)25-17-13(20)3-2-4-14(17)21)10-16-26-18(27-30-16)11-5-7-12(8-6-11)19(22,23)24/h2-8H,9-10H2,1H3,(H,25,29). The van der Waals surface area contributed by atoms with Gasteiger partial charge in [0.25, 0.3) is 0 Å². The number of para-hydroxylation sites is 1. The highest BCUT2D eigenvalue weighted by Gasteiger charge is 2.30. The second-order valence-electron chi connectivity index (χ2n) is 6.40.